The highest BCUT2D eigenvalue weighted by Crippen LogP contribution is 2.19. The molecule has 0 aliphatic carbocycles. The van der Waals surface area contributed by atoms with Gasteiger partial charge in [0, 0.05) is 24.0 Å². The van der Waals surface area contributed by atoms with Gasteiger partial charge in [-0.15, -0.1) is 0 Å². The first-order chi connectivity index (χ1) is 7.71. The average molecular weight is 222 g/mol. The molecule has 0 aliphatic rings. The van der Waals surface area contributed by atoms with Crippen molar-refractivity contribution in [1.82, 2.24) is 4.98 Å². The molecular formula is C13H22N2O. The average Bonchev–Trinajstić information content (AvgIpc) is 2.31. The van der Waals surface area contributed by atoms with E-state index in [9.17, 15) is 0 Å². The van der Waals surface area contributed by atoms with E-state index in [2.05, 4.69) is 31.1 Å². The smallest absolute Gasteiger partial charge is 0.214 e. The van der Waals surface area contributed by atoms with E-state index < -0.39 is 0 Å². The highest BCUT2D eigenvalue weighted by molar-refractivity contribution is 5.45. The third kappa shape index (κ3) is 3.40. The molecular weight excluding hydrogens is 200 g/mol. The Labute approximate surface area is 98.2 Å². The molecule has 0 bridgehead atoms. The van der Waals surface area contributed by atoms with Crippen LogP contribution in [0.3, 0.4) is 0 Å². The molecule has 1 heterocycles. The fourth-order valence-corrected chi connectivity index (χ4v) is 1.99. The zero-order valence-electron chi connectivity index (χ0n) is 10.7. The van der Waals surface area contributed by atoms with E-state index in [1.54, 1.807) is 13.3 Å². The predicted octanol–water partition coefficient (Wildman–Crippen LogP) is 3.33. The monoisotopic (exact) mass is 222 g/mol. The molecule has 0 saturated heterocycles. The van der Waals surface area contributed by atoms with Gasteiger partial charge in [0.2, 0.25) is 5.88 Å². The normalized spacial score (nSPS) is 12.6. The summed E-state index contributed by atoms with van der Waals surface area (Å²) in [4.78, 5) is 4.09. The lowest BCUT2D eigenvalue weighted by Gasteiger charge is -2.23. The summed E-state index contributed by atoms with van der Waals surface area (Å²) in [5.74, 6) is 1.36. The lowest BCUT2D eigenvalue weighted by Crippen LogP contribution is -2.24. The minimum Gasteiger partial charge on any atom is -0.481 e. The number of methoxy groups -OCH3 is 1. The molecule has 1 N–H and O–H groups in total. The molecule has 0 aromatic carbocycles. The van der Waals surface area contributed by atoms with Crippen LogP contribution in [0.25, 0.3) is 0 Å². The number of rotatable bonds is 6. The van der Waals surface area contributed by atoms with Gasteiger partial charge in [0.05, 0.1) is 7.11 Å². The summed E-state index contributed by atoms with van der Waals surface area (Å²) in [7, 11) is 1.64. The van der Waals surface area contributed by atoms with E-state index >= 15 is 0 Å². The van der Waals surface area contributed by atoms with Crippen LogP contribution in [0.4, 0.5) is 5.69 Å². The van der Waals surface area contributed by atoms with Gasteiger partial charge < -0.3 is 10.1 Å². The number of pyridine rings is 1. The summed E-state index contributed by atoms with van der Waals surface area (Å²) in [5.41, 5.74) is 1.08. The van der Waals surface area contributed by atoms with Crippen molar-refractivity contribution >= 4 is 5.69 Å². The van der Waals surface area contributed by atoms with E-state index in [0.29, 0.717) is 17.8 Å². The van der Waals surface area contributed by atoms with Crippen LogP contribution in [0.2, 0.25) is 0 Å². The summed E-state index contributed by atoms with van der Waals surface area (Å²) in [6.45, 7) is 6.70. The molecule has 90 valence electrons. The summed E-state index contributed by atoms with van der Waals surface area (Å²) in [6.07, 6.45) is 4.17. The molecule has 1 unspecified atom stereocenters. The highest BCUT2D eigenvalue weighted by atomic mass is 16.5. The maximum Gasteiger partial charge on any atom is 0.214 e. The second kappa shape index (κ2) is 6.36. The number of nitrogens with one attached hydrogen (secondary N) is 1. The summed E-state index contributed by atoms with van der Waals surface area (Å²) in [6, 6.07) is 4.38. The number of ether oxygens (including phenoxy) is 1. The molecule has 0 amide bonds. The molecule has 16 heavy (non-hydrogen) atoms. The van der Waals surface area contributed by atoms with E-state index in [4.69, 9.17) is 4.74 Å². The standard InChI is InChI=1S/C13H22N2O/c1-5-11(6-2)10(3)15-12-7-8-14-13(9-12)16-4/h7-11H,5-6H2,1-4H3,(H,14,15). The van der Waals surface area contributed by atoms with Crippen molar-refractivity contribution in [1.29, 1.82) is 0 Å². The van der Waals surface area contributed by atoms with Crippen molar-refractivity contribution in [2.75, 3.05) is 12.4 Å². The Bertz CT molecular complexity index is 311. The van der Waals surface area contributed by atoms with Crippen LogP contribution in [0.15, 0.2) is 18.3 Å². The first-order valence-electron chi connectivity index (χ1n) is 5.97. The first kappa shape index (κ1) is 12.8. The number of aromatic nitrogens is 1. The van der Waals surface area contributed by atoms with Crippen LogP contribution in [0.5, 0.6) is 5.88 Å². The summed E-state index contributed by atoms with van der Waals surface area (Å²) >= 11 is 0. The number of hydrogen-bond donors (Lipinski definition) is 1. The van der Waals surface area contributed by atoms with Gasteiger partial charge in [0.25, 0.3) is 0 Å². The van der Waals surface area contributed by atoms with Gasteiger partial charge in [0.15, 0.2) is 0 Å². The maximum absolute atomic E-state index is 5.10. The second-order valence-electron chi connectivity index (χ2n) is 4.10. The van der Waals surface area contributed by atoms with Crippen LogP contribution in [0.1, 0.15) is 33.6 Å². The number of anilines is 1. The Morgan fingerprint density at radius 3 is 2.62 bits per heavy atom. The minimum absolute atomic E-state index is 0.474. The summed E-state index contributed by atoms with van der Waals surface area (Å²) < 4.78 is 5.10. The van der Waals surface area contributed by atoms with Crippen LogP contribution < -0.4 is 10.1 Å². The van der Waals surface area contributed by atoms with Gasteiger partial charge in [-0.2, -0.15) is 0 Å². The van der Waals surface area contributed by atoms with Crippen LogP contribution in [0, 0.1) is 5.92 Å². The molecule has 1 atom stereocenters. The first-order valence-corrected chi connectivity index (χ1v) is 5.97. The van der Waals surface area contributed by atoms with Crippen molar-refractivity contribution < 1.29 is 4.74 Å². The fraction of sp³-hybridized carbons (Fsp3) is 0.615. The topological polar surface area (TPSA) is 34.2 Å². The quantitative estimate of drug-likeness (QED) is 0.801. The molecule has 1 aromatic rings. The Hall–Kier alpha value is -1.25. The Morgan fingerprint density at radius 2 is 2.06 bits per heavy atom. The van der Waals surface area contributed by atoms with Crippen molar-refractivity contribution in [2.24, 2.45) is 5.92 Å². The minimum atomic E-state index is 0.474. The van der Waals surface area contributed by atoms with Gasteiger partial charge in [-0.05, 0) is 18.9 Å². The van der Waals surface area contributed by atoms with Crippen LogP contribution in [-0.2, 0) is 0 Å². The molecule has 0 radical (unpaired) electrons. The molecule has 0 spiro atoms. The molecule has 0 saturated carbocycles. The van der Waals surface area contributed by atoms with Gasteiger partial charge >= 0.3 is 0 Å². The van der Waals surface area contributed by atoms with Gasteiger partial charge in [-0.1, -0.05) is 26.7 Å². The molecule has 3 nitrogen and oxygen atoms in total. The third-order valence-corrected chi connectivity index (χ3v) is 3.09. The maximum atomic E-state index is 5.10. The zero-order valence-corrected chi connectivity index (χ0v) is 10.7. The lowest BCUT2D eigenvalue weighted by atomic mass is 9.95. The second-order valence-corrected chi connectivity index (χ2v) is 4.10. The number of nitrogens with zero attached hydrogens (tertiary/aromatic N) is 1. The third-order valence-electron chi connectivity index (χ3n) is 3.09. The summed E-state index contributed by atoms with van der Waals surface area (Å²) in [5, 5.41) is 3.50. The lowest BCUT2D eigenvalue weighted by molar-refractivity contribution is 0.397. The SMILES string of the molecule is CCC(CC)C(C)Nc1ccnc(OC)c1. The number of hydrogen-bond acceptors (Lipinski definition) is 3. The van der Waals surface area contributed by atoms with Crippen molar-refractivity contribution in [3.05, 3.63) is 18.3 Å². The van der Waals surface area contributed by atoms with Crippen molar-refractivity contribution in [2.45, 2.75) is 39.7 Å². The van der Waals surface area contributed by atoms with Crippen molar-refractivity contribution in [3.8, 4) is 5.88 Å². The van der Waals surface area contributed by atoms with Gasteiger partial charge in [0.1, 0.15) is 0 Å². The molecule has 0 aliphatic heterocycles. The van der Waals surface area contributed by atoms with E-state index in [0.717, 1.165) is 5.69 Å². The molecule has 0 fully saturated rings. The predicted molar refractivity (Wildman–Crippen MR) is 67.9 cm³/mol. The van der Waals surface area contributed by atoms with Gasteiger partial charge in [-0.3, -0.25) is 0 Å². The fourth-order valence-electron chi connectivity index (χ4n) is 1.99. The van der Waals surface area contributed by atoms with Crippen LogP contribution in [-0.4, -0.2) is 18.1 Å². The van der Waals surface area contributed by atoms with E-state index in [-0.39, 0.29) is 0 Å². The Kier molecular flexibility index (Phi) is 5.09. The highest BCUT2D eigenvalue weighted by Gasteiger charge is 2.13. The van der Waals surface area contributed by atoms with E-state index in [1.807, 2.05) is 12.1 Å². The molecule has 1 aromatic heterocycles. The van der Waals surface area contributed by atoms with Crippen LogP contribution >= 0.6 is 0 Å². The Balaban J connectivity index is 2.64. The zero-order chi connectivity index (χ0) is 12.0. The molecule has 1 rings (SSSR count). The largest absolute Gasteiger partial charge is 0.481 e. The van der Waals surface area contributed by atoms with Crippen molar-refractivity contribution in [3.63, 3.8) is 0 Å². The molecule has 3 heteroatoms. The van der Waals surface area contributed by atoms with E-state index in [1.165, 1.54) is 12.8 Å². The Morgan fingerprint density at radius 1 is 1.38 bits per heavy atom. The van der Waals surface area contributed by atoms with Gasteiger partial charge in [-0.25, -0.2) is 4.98 Å².